The predicted octanol–water partition coefficient (Wildman–Crippen LogP) is 3.65. The molecule has 5 rings (SSSR count). The van der Waals surface area contributed by atoms with Crippen LogP contribution in [0.2, 0.25) is 0 Å². The lowest BCUT2D eigenvalue weighted by Gasteiger charge is -2.48. The third-order valence-corrected chi connectivity index (χ3v) is 8.82. The number of halogens is 3. The Labute approximate surface area is 216 Å². The van der Waals surface area contributed by atoms with Gasteiger partial charge >= 0.3 is 6.18 Å². The minimum Gasteiger partial charge on any atom is -0.384 e. The number of carbonyl (C=O) groups is 1. The molecule has 1 aliphatic carbocycles. The molecule has 2 fully saturated rings. The van der Waals surface area contributed by atoms with E-state index in [1.165, 1.54) is 10.7 Å². The van der Waals surface area contributed by atoms with Gasteiger partial charge in [-0.3, -0.25) is 14.4 Å². The van der Waals surface area contributed by atoms with Crippen LogP contribution in [-0.2, 0) is 30.0 Å². The summed E-state index contributed by atoms with van der Waals surface area (Å²) in [6, 6.07) is 3.87. The Morgan fingerprint density at radius 3 is 2.65 bits per heavy atom. The maximum atomic E-state index is 13.1. The van der Waals surface area contributed by atoms with Gasteiger partial charge in [0.2, 0.25) is 5.91 Å². The zero-order valence-corrected chi connectivity index (χ0v) is 21.6. The van der Waals surface area contributed by atoms with Crippen LogP contribution in [0, 0.1) is 0 Å². The van der Waals surface area contributed by atoms with E-state index in [0.717, 1.165) is 54.4 Å². The number of nitrogens with one attached hydrogen (secondary N) is 2. The second kappa shape index (κ2) is 9.88. The van der Waals surface area contributed by atoms with Gasteiger partial charge in [0, 0.05) is 37.8 Å². The minimum atomic E-state index is -4.45. The maximum absolute atomic E-state index is 13.1. The summed E-state index contributed by atoms with van der Waals surface area (Å²) in [6.07, 6.45) is 1.43. The van der Waals surface area contributed by atoms with Gasteiger partial charge < -0.3 is 15.7 Å². The highest BCUT2D eigenvalue weighted by Gasteiger charge is 2.41. The number of benzene rings is 1. The van der Waals surface area contributed by atoms with Crippen molar-refractivity contribution in [3.8, 4) is 0 Å². The van der Waals surface area contributed by atoms with Gasteiger partial charge in [0.1, 0.15) is 5.60 Å². The highest BCUT2D eigenvalue weighted by Crippen LogP contribution is 2.41. The van der Waals surface area contributed by atoms with Crippen molar-refractivity contribution in [2.45, 2.75) is 62.9 Å². The van der Waals surface area contributed by atoms with E-state index < -0.39 is 17.3 Å². The summed E-state index contributed by atoms with van der Waals surface area (Å²) in [6.45, 7) is 3.48. The van der Waals surface area contributed by atoms with Crippen LogP contribution in [0.1, 0.15) is 48.1 Å². The first kappa shape index (κ1) is 25.9. The van der Waals surface area contributed by atoms with Crippen LogP contribution >= 0.6 is 11.3 Å². The number of hydrogen-bond acceptors (Lipinski definition) is 7. The summed E-state index contributed by atoms with van der Waals surface area (Å²) < 4.78 is 40.9. The van der Waals surface area contributed by atoms with Gasteiger partial charge in [-0.2, -0.15) is 18.3 Å². The number of anilines is 1. The van der Waals surface area contributed by atoms with Crippen molar-refractivity contribution in [2.24, 2.45) is 7.05 Å². The summed E-state index contributed by atoms with van der Waals surface area (Å²) in [5.74, 6) is 0.0149. The average molecular weight is 537 g/mol. The van der Waals surface area contributed by atoms with Gasteiger partial charge in [-0.25, -0.2) is 4.98 Å². The summed E-state index contributed by atoms with van der Waals surface area (Å²) in [5.41, 5.74) is -0.998. The van der Waals surface area contributed by atoms with Gasteiger partial charge in [-0.1, -0.05) is 6.92 Å². The molecule has 0 bridgehead atoms. The van der Waals surface area contributed by atoms with E-state index in [0.29, 0.717) is 29.8 Å². The molecule has 2 aromatic heterocycles. The fourth-order valence-electron chi connectivity index (χ4n) is 5.30. The lowest BCUT2D eigenvalue weighted by molar-refractivity contribution is -0.137. The van der Waals surface area contributed by atoms with Crippen molar-refractivity contribution in [1.29, 1.82) is 0 Å². The van der Waals surface area contributed by atoms with E-state index in [4.69, 9.17) is 0 Å². The molecule has 1 saturated carbocycles. The van der Waals surface area contributed by atoms with Gasteiger partial charge in [0.25, 0.3) is 0 Å². The summed E-state index contributed by atoms with van der Waals surface area (Å²) >= 11 is 1.60. The topological polar surface area (TPSA) is 95.3 Å². The number of rotatable bonds is 7. The number of carbonyl (C=O) groups excluding carboxylic acids is 1. The molecule has 3 aromatic rings. The van der Waals surface area contributed by atoms with Gasteiger partial charge in [-0.05, 0) is 50.3 Å². The van der Waals surface area contributed by atoms with E-state index in [1.54, 1.807) is 18.4 Å². The molecular weight excluding hydrogens is 505 g/mol. The SMILES string of the molecule is CCc1ncc([C@]2(O)CC[C@H](N3CC(NC(=O)CNc4nn(C)c5ccc(C(F)(F)F)cc45)C3)CC2)s1. The van der Waals surface area contributed by atoms with Crippen molar-refractivity contribution < 1.29 is 23.1 Å². The van der Waals surface area contributed by atoms with Crippen molar-refractivity contribution in [3.63, 3.8) is 0 Å². The number of likely N-dealkylation sites (tertiary alicyclic amines) is 1. The molecule has 3 heterocycles. The van der Waals surface area contributed by atoms with E-state index in [1.807, 2.05) is 6.20 Å². The van der Waals surface area contributed by atoms with Gasteiger partial charge in [-0.15, -0.1) is 11.3 Å². The molecule has 1 aliphatic heterocycles. The number of amides is 1. The van der Waals surface area contributed by atoms with Crippen LogP contribution < -0.4 is 10.6 Å². The summed E-state index contributed by atoms with van der Waals surface area (Å²) in [4.78, 5) is 20.2. The molecule has 2 aliphatic rings. The Morgan fingerprint density at radius 1 is 1.27 bits per heavy atom. The lowest BCUT2D eigenvalue weighted by atomic mass is 9.80. The normalized spacial score (nSPS) is 23.2. The third-order valence-electron chi connectivity index (χ3n) is 7.48. The highest BCUT2D eigenvalue weighted by atomic mass is 32.1. The quantitative estimate of drug-likeness (QED) is 0.427. The highest BCUT2D eigenvalue weighted by molar-refractivity contribution is 7.11. The van der Waals surface area contributed by atoms with Crippen LogP contribution in [0.4, 0.5) is 19.0 Å². The number of aromatic nitrogens is 3. The second-order valence-corrected chi connectivity index (χ2v) is 11.1. The van der Waals surface area contributed by atoms with E-state index >= 15 is 0 Å². The molecule has 0 radical (unpaired) electrons. The van der Waals surface area contributed by atoms with Crippen molar-refractivity contribution >= 4 is 34.0 Å². The Balaban J connectivity index is 1.09. The van der Waals surface area contributed by atoms with Crippen LogP contribution in [0.3, 0.4) is 0 Å². The average Bonchev–Trinajstić information content (AvgIpc) is 3.45. The minimum absolute atomic E-state index is 0.0287. The van der Waals surface area contributed by atoms with E-state index in [-0.39, 0.29) is 24.3 Å². The molecule has 1 saturated heterocycles. The Kier molecular flexibility index (Phi) is 6.92. The molecule has 8 nitrogen and oxygen atoms in total. The second-order valence-electron chi connectivity index (χ2n) is 10.0. The van der Waals surface area contributed by atoms with Crippen LogP contribution in [0.5, 0.6) is 0 Å². The number of hydrogen-bond donors (Lipinski definition) is 3. The van der Waals surface area contributed by atoms with Crippen LogP contribution in [0.25, 0.3) is 10.9 Å². The molecule has 0 spiro atoms. The third kappa shape index (κ3) is 5.32. The van der Waals surface area contributed by atoms with E-state index in [2.05, 4.69) is 32.5 Å². The van der Waals surface area contributed by atoms with Crippen LogP contribution in [0.15, 0.2) is 24.4 Å². The zero-order chi connectivity index (χ0) is 26.4. The molecule has 0 unspecified atom stereocenters. The van der Waals surface area contributed by atoms with Crippen molar-refractivity contribution in [2.75, 3.05) is 25.0 Å². The molecule has 1 amide bonds. The number of aryl methyl sites for hydroxylation is 2. The largest absolute Gasteiger partial charge is 0.416 e. The number of alkyl halides is 3. The van der Waals surface area contributed by atoms with Gasteiger partial charge in [0.05, 0.1) is 33.6 Å². The molecule has 1 aromatic carbocycles. The molecule has 0 atom stereocenters. The Bertz CT molecular complexity index is 1280. The zero-order valence-electron chi connectivity index (χ0n) is 20.8. The number of thiazole rings is 1. The van der Waals surface area contributed by atoms with Crippen LogP contribution in [-0.4, -0.2) is 62.4 Å². The monoisotopic (exact) mass is 536 g/mol. The lowest BCUT2D eigenvalue weighted by Crippen LogP contribution is -2.63. The molecule has 200 valence electrons. The van der Waals surface area contributed by atoms with Gasteiger partial charge in [0.15, 0.2) is 5.82 Å². The number of aliphatic hydroxyl groups is 1. The molecule has 37 heavy (non-hydrogen) atoms. The maximum Gasteiger partial charge on any atom is 0.416 e. The first-order chi connectivity index (χ1) is 17.6. The number of nitrogens with zero attached hydrogens (tertiary/aromatic N) is 4. The van der Waals surface area contributed by atoms with E-state index in [9.17, 15) is 23.1 Å². The molecular formula is C25H31F3N6O2S. The van der Waals surface area contributed by atoms with Crippen molar-refractivity contribution in [1.82, 2.24) is 25.0 Å². The standard InChI is InChI=1S/C25H31F3N6O2S/c1-3-22-29-11-20(37-22)24(36)8-6-17(7-9-24)34-13-16(14-34)31-21(35)12-30-23-18-10-15(25(26,27)28)4-5-19(18)33(2)32-23/h4-5,10-11,16-17,36H,3,6-9,12-14H2,1-2H3,(H,30,32)(H,31,35)/t17-,24-. The Hall–Kier alpha value is -2.70. The fourth-order valence-corrected chi connectivity index (χ4v) is 6.30. The van der Waals surface area contributed by atoms with Crippen molar-refractivity contribution in [3.05, 3.63) is 39.8 Å². The first-order valence-corrected chi connectivity index (χ1v) is 13.4. The molecule has 12 heteroatoms. The summed E-state index contributed by atoms with van der Waals surface area (Å²) in [5, 5.41) is 22.6. The fraction of sp³-hybridized carbons (Fsp3) is 0.560. The first-order valence-electron chi connectivity index (χ1n) is 12.5. The number of fused-ring (bicyclic) bond motifs is 1. The summed E-state index contributed by atoms with van der Waals surface area (Å²) in [7, 11) is 1.65. The predicted molar refractivity (Wildman–Crippen MR) is 135 cm³/mol. The smallest absolute Gasteiger partial charge is 0.384 e. The Morgan fingerprint density at radius 2 is 2.00 bits per heavy atom. The molecule has 3 N–H and O–H groups in total.